The van der Waals surface area contributed by atoms with Crippen LogP contribution < -0.4 is 0 Å². The molecule has 4 nitrogen and oxygen atoms in total. The Labute approximate surface area is 147 Å². The van der Waals surface area contributed by atoms with E-state index in [4.69, 9.17) is 10.2 Å². The molecule has 0 spiro atoms. The molecule has 0 saturated heterocycles. The van der Waals surface area contributed by atoms with Gasteiger partial charge in [-0.05, 0) is 38.0 Å². The van der Waals surface area contributed by atoms with Crippen molar-refractivity contribution in [3.8, 4) is 0 Å². The maximum absolute atomic E-state index is 12.1. The molecule has 3 N–H and O–H groups in total. The number of allylic oxidation sites excluding steroid dienone is 2. The van der Waals surface area contributed by atoms with E-state index in [0.29, 0.717) is 12.8 Å². The quantitative estimate of drug-likeness (QED) is 0.271. The lowest BCUT2D eigenvalue weighted by atomic mass is 9.88. The SMILES string of the molecule is CCCCCC/C=C/[C@H]1C(=O)C[C@H](O)[C@@H]1CCCCCCC(O)O. The first-order chi connectivity index (χ1) is 11.6. The second-order valence-electron chi connectivity index (χ2n) is 7.18. The van der Waals surface area contributed by atoms with E-state index in [2.05, 4.69) is 13.0 Å². The zero-order chi connectivity index (χ0) is 17.8. The molecule has 0 bridgehead atoms. The van der Waals surface area contributed by atoms with Gasteiger partial charge in [-0.1, -0.05) is 57.6 Å². The molecule has 0 aliphatic heterocycles. The molecule has 0 aromatic rings. The molecule has 1 fully saturated rings. The number of unbranched alkanes of at least 4 members (excludes halogenated alkanes) is 7. The average Bonchev–Trinajstić information content (AvgIpc) is 2.80. The molecule has 3 atom stereocenters. The van der Waals surface area contributed by atoms with Crippen molar-refractivity contribution in [2.75, 3.05) is 0 Å². The first-order valence-corrected chi connectivity index (χ1v) is 9.79. The van der Waals surface area contributed by atoms with Crippen LogP contribution in [0.5, 0.6) is 0 Å². The van der Waals surface area contributed by atoms with Gasteiger partial charge in [-0.25, -0.2) is 0 Å². The third kappa shape index (κ3) is 8.41. The van der Waals surface area contributed by atoms with Crippen molar-refractivity contribution in [2.24, 2.45) is 11.8 Å². The van der Waals surface area contributed by atoms with Gasteiger partial charge in [0.05, 0.1) is 6.10 Å². The Morgan fingerprint density at radius 2 is 1.79 bits per heavy atom. The second-order valence-corrected chi connectivity index (χ2v) is 7.18. The van der Waals surface area contributed by atoms with E-state index in [9.17, 15) is 9.90 Å². The summed E-state index contributed by atoms with van der Waals surface area (Å²) in [4.78, 5) is 12.1. The van der Waals surface area contributed by atoms with E-state index < -0.39 is 12.4 Å². The Morgan fingerprint density at radius 3 is 2.50 bits per heavy atom. The highest BCUT2D eigenvalue weighted by Gasteiger charge is 2.39. The molecule has 1 aliphatic rings. The summed E-state index contributed by atoms with van der Waals surface area (Å²) in [6.45, 7) is 2.20. The fourth-order valence-corrected chi connectivity index (χ4v) is 3.59. The molecule has 1 aliphatic carbocycles. The van der Waals surface area contributed by atoms with E-state index in [0.717, 1.165) is 38.5 Å². The molecule has 0 aromatic carbocycles. The van der Waals surface area contributed by atoms with Crippen molar-refractivity contribution in [1.82, 2.24) is 0 Å². The van der Waals surface area contributed by atoms with E-state index in [1.165, 1.54) is 25.7 Å². The van der Waals surface area contributed by atoms with Crippen LogP contribution in [-0.4, -0.2) is 33.5 Å². The second kappa shape index (κ2) is 12.6. The van der Waals surface area contributed by atoms with Gasteiger partial charge in [0.25, 0.3) is 0 Å². The monoisotopic (exact) mass is 340 g/mol. The molecule has 0 amide bonds. The number of carbonyl (C=O) groups excluding carboxylic acids is 1. The molecule has 0 aromatic heterocycles. The molecular weight excluding hydrogens is 304 g/mol. The van der Waals surface area contributed by atoms with Crippen LogP contribution in [0.3, 0.4) is 0 Å². The minimum absolute atomic E-state index is 0.0628. The summed E-state index contributed by atoms with van der Waals surface area (Å²) in [5.74, 6) is 0.138. The van der Waals surface area contributed by atoms with Gasteiger partial charge in [0.1, 0.15) is 5.78 Å². The highest BCUT2D eigenvalue weighted by molar-refractivity contribution is 5.85. The van der Waals surface area contributed by atoms with Crippen LogP contribution in [0, 0.1) is 11.8 Å². The van der Waals surface area contributed by atoms with Gasteiger partial charge in [0, 0.05) is 12.3 Å². The minimum atomic E-state index is -1.20. The molecule has 4 heteroatoms. The van der Waals surface area contributed by atoms with Crippen LogP contribution >= 0.6 is 0 Å². The lowest BCUT2D eigenvalue weighted by Gasteiger charge is -2.18. The summed E-state index contributed by atoms with van der Waals surface area (Å²) < 4.78 is 0. The van der Waals surface area contributed by atoms with Crippen LogP contribution in [0.25, 0.3) is 0 Å². The number of hydrogen-bond acceptors (Lipinski definition) is 4. The Hall–Kier alpha value is -0.710. The van der Waals surface area contributed by atoms with Crippen LogP contribution in [0.15, 0.2) is 12.2 Å². The fourth-order valence-electron chi connectivity index (χ4n) is 3.59. The number of Topliss-reactive ketones (excluding diaryl/α,β-unsaturated/α-hetero) is 1. The Bertz CT molecular complexity index is 365. The summed E-state index contributed by atoms with van der Waals surface area (Å²) in [6.07, 6.45) is 13.8. The summed E-state index contributed by atoms with van der Waals surface area (Å²) in [6, 6.07) is 0. The maximum Gasteiger partial charge on any atom is 0.151 e. The average molecular weight is 341 g/mol. The number of rotatable bonds is 13. The predicted octanol–water partition coefficient (Wildman–Crippen LogP) is 3.73. The first kappa shape index (κ1) is 21.3. The molecule has 140 valence electrons. The number of carbonyl (C=O) groups is 1. The summed E-state index contributed by atoms with van der Waals surface area (Å²) in [7, 11) is 0. The molecule has 1 rings (SSSR count). The minimum Gasteiger partial charge on any atom is -0.392 e. The smallest absolute Gasteiger partial charge is 0.151 e. The predicted molar refractivity (Wildman–Crippen MR) is 96.4 cm³/mol. The molecular formula is C20H36O4. The number of hydrogen-bond donors (Lipinski definition) is 3. The third-order valence-corrected chi connectivity index (χ3v) is 5.06. The fraction of sp³-hybridized carbons (Fsp3) is 0.850. The van der Waals surface area contributed by atoms with E-state index in [1.54, 1.807) is 0 Å². The summed E-state index contributed by atoms with van der Waals surface area (Å²) in [5, 5.41) is 27.8. The molecule has 1 saturated carbocycles. The topological polar surface area (TPSA) is 77.8 Å². The van der Waals surface area contributed by atoms with Crippen molar-refractivity contribution >= 4 is 5.78 Å². The van der Waals surface area contributed by atoms with Crippen molar-refractivity contribution in [3.63, 3.8) is 0 Å². The standard InChI is InChI=1S/C20H36O4/c1-2-3-4-5-6-9-12-16-17(19(22)15-18(16)21)13-10-7-8-11-14-20(23)24/h9,12,16-17,19-20,22-24H,2-8,10-11,13-15H2,1H3/b12-9+/t16-,17-,19+/m1/s1. The maximum atomic E-state index is 12.1. The zero-order valence-electron chi connectivity index (χ0n) is 15.2. The number of aliphatic hydroxyl groups excluding tert-OH is 2. The number of aliphatic hydroxyl groups is 3. The zero-order valence-corrected chi connectivity index (χ0v) is 15.2. The van der Waals surface area contributed by atoms with Crippen molar-refractivity contribution in [2.45, 2.75) is 96.4 Å². The van der Waals surface area contributed by atoms with Gasteiger partial charge in [-0.2, -0.15) is 0 Å². The van der Waals surface area contributed by atoms with Crippen molar-refractivity contribution in [1.29, 1.82) is 0 Å². The molecule has 24 heavy (non-hydrogen) atoms. The van der Waals surface area contributed by atoms with Gasteiger partial charge in [-0.15, -0.1) is 0 Å². The van der Waals surface area contributed by atoms with E-state index in [-0.39, 0.29) is 17.6 Å². The van der Waals surface area contributed by atoms with Crippen LogP contribution in [0.4, 0.5) is 0 Å². The normalized spacial score (nSPS) is 24.5. The van der Waals surface area contributed by atoms with Crippen molar-refractivity contribution < 1.29 is 20.1 Å². The lowest BCUT2D eigenvalue weighted by molar-refractivity contribution is -0.120. The Balaban J connectivity index is 2.29. The van der Waals surface area contributed by atoms with Crippen LogP contribution in [0.1, 0.15) is 84.0 Å². The Kier molecular flexibility index (Phi) is 11.2. The summed E-state index contributed by atoms with van der Waals surface area (Å²) in [5.41, 5.74) is 0. The number of ketones is 1. The first-order valence-electron chi connectivity index (χ1n) is 9.79. The molecule has 0 unspecified atom stereocenters. The van der Waals surface area contributed by atoms with Gasteiger partial charge in [0.2, 0.25) is 0 Å². The molecule has 0 heterocycles. The van der Waals surface area contributed by atoms with Gasteiger partial charge >= 0.3 is 0 Å². The van der Waals surface area contributed by atoms with Gasteiger partial charge in [0.15, 0.2) is 6.29 Å². The van der Waals surface area contributed by atoms with E-state index >= 15 is 0 Å². The highest BCUT2D eigenvalue weighted by Crippen LogP contribution is 2.34. The van der Waals surface area contributed by atoms with Gasteiger partial charge < -0.3 is 15.3 Å². The third-order valence-electron chi connectivity index (χ3n) is 5.06. The van der Waals surface area contributed by atoms with Crippen LogP contribution in [-0.2, 0) is 4.79 Å². The van der Waals surface area contributed by atoms with Crippen molar-refractivity contribution in [3.05, 3.63) is 12.2 Å². The molecule has 0 radical (unpaired) electrons. The highest BCUT2D eigenvalue weighted by atomic mass is 16.5. The lowest BCUT2D eigenvalue weighted by Crippen LogP contribution is -2.19. The largest absolute Gasteiger partial charge is 0.392 e. The Morgan fingerprint density at radius 1 is 1.08 bits per heavy atom. The van der Waals surface area contributed by atoms with Crippen LogP contribution in [0.2, 0.25) is 0 Å². The van der Waals surface area contributed by atoms with E-state index in [1.807, 2.05) is 6.08 Å². The summed E-state index contributed by atoms with van der Waals surface area (Å²) >= 11 is 0. The van der Waals surface area contributed by atoms with Gasteiger partial charge in [-0.3, -0.25) is 4.79 Å².